The third kappa shape index (κ3) is 3.85. The molecule has 0 aliphatic heterocycles. The van der Waals surface area contributed by atoms with Crippen LogP contribution in [0.15, 0.2) is 10.7 Å². The van der Waals surface area contributed by atoms with Crippen molar-refractivity contribution in [1.29, 1.82) is 0 Å². The fourth-order valence-corrected chi connectivity index (χ4v) is 1.90. The quantitative estimate of drug-likeness (QED) is 0.477. The van der Waals surface area contributed by atoms with Crippen molar-refractivity contribution in [1.82, 2.24) is 4.98 Å². The van der Waals surface area contributed by atoms with E-state index in [-0.39, 0.29) is 4.60 Å². The first kappa shape index (κ1) is 15.8. The predicted molar refractivity (Wildman–Crippen MR) is 57.6 cm³/mol. The molecular weight excluding hydrogens is 341 g/mol. The van der Waals surface area contributed by atoms with E-state index in [2.05, 4.69) is 25.7 Å². The van der Waals surface area contributed by atoms with Gasteiger partial charge in [0.25, 0.3) is 6.43 Å². The Bertz CT molecular complexity index is 490. The van der Waals surface area contributed by atoms with Gasteiger partial charge >= 0.3 is 12.1 Å². The molecule has 0 aromatic carbocycles. The number of methoxy groups -OCH3 is 1. The molecule has 0 bridgehead atoms. The molecule has 0 atom stereocenters. The zero-order chi connectivity index (χ0) is 14.8. The normalized spacial score (nSPS) is 11.8. The van der Waals surface area contributed by atoms with Crippen molar-refractivity contribution in [3.05, 3.63) is 27.5 Å². The molecular formula is C10H7BrF5NO2. The van der Waals surface area contributed by atoms with Gasteiger partial charge in [0.2, 0.25) is 0 Å². The number of hydrogen-bond donors (Lipinski definition) is 0. The fourth-order valence-electron chi connectivity index (χ4n) is 1.44. The van der Waals surface area contributed by atoms with E-state index in [0.29, 0.717) is 0 Å². The second kappa shape index (κ2) is 5.81. The third-order valence-electron chi connectivity index (χ3n) is 2.15. The number of rotatable bonds is 3. The van der Waals surface area contributed by atoms with Crippen LogP contribution in [-0.4, -0.2) is 18.1 Å². The lowest BCUT2D eigenvalue weighted by molar-refractivity contribution is -0.142. The number of carbonyl (C=O) groups excluding carboxylic acids is 1. The molecule has 3 nitrogen and oxygen atoms in total. The first-order chi connectivity index (χ1) is 8.66. The molecule has 9 heteroatoms. The molecule has 0 saturated heterocycles. The number of esters is 1. The Kier molecular flexibility index (Phi) is 4.83. The van der Waals surface area contributed by atoms with Gasteiger partial charge in [0.05, 0.1) is 19.1 Å². The predicted octanol–water partition coefficient (Wildman–Crippen LogP) is 3.52. The largest absolute Gasteiger partial charge is 0.469 e. The van der Waals surface area contributed by atoms with E-state index < -0.39 is 41.8 Å². The van der Waals surface area contributed by atoms with E-state index >= 15 is 0 Å². The molecule has 0 aliphatic carbocycles. The van der Waals surface area contributed by atoms with Gasteiger partial charge in [0.15, 0.2) is 0 Å². The molecule has 106 valence electrons. The van der Waals surface area contributed by atoms with Crippen LogP contribution in [0, 0.1) is 0 Å². The van der Waals surface area contributed by atoms with Crippen LogP contribution in [0.1, 0.15) is 23.2 Å². The van der Waals surface area contributed by atoms with Crippen molar-refractivity contribution in [2.45, 2.75) is 19.0 Å². The van der Waals surface area contributed by atoms with Crippen LogP contribution < -0.4 is 0 Å². The van der Waals surface area contributed by atoms with E-state index in [1.807, 2.05) is 0 Å². The van der Waals surface area contributed by atoms with Gasteiger partial charge < -0.3 is 4.74 Å². The number of ether oxygens (including phenoxy) is 1. The molecule has 0 saturated carbocycles. The number of aromatic nitrogens is 1. The number of halogens is 6. The highest BCUT2D eigenvalue weighted by atomic mass is 79.9. The fraction of sp³-hybridized carbons (Fsp3) is 0.400. The van der Waals surface area contributed by atoms with Crippen molar-refractivity contribution in [2.75, 3.05) is 7.11 Å². The molecule has 0 N–H and O–H groups in total. The van der Waals surface area contributed by atoms with Gasteiger partial charge in [0.1, 0.15) is 10.3 Å². The summed E-state index contributed by atoms with van der Waals surface area (Å²) in [7, 11) is 0.986. The van der Waals surface area contributed by atoms with Crippen LogP contribution in [0.3, 0.4) is 0 Å². The van der Waals surface area contributed by atoms with E-state index in [4.69, 9.17) is 0 Å². The smallest absolute Gasteiger partial charge is 0.418 e. The Hall–Kier alpha value is -1.25. The van der Waals surface area contributed by atoms with Crippen molar-refractivity contribution in [2.24, 2.45) is 0 Å². The highest BCUT2D eigenvalue weighted by Gasteiger charge is 2.40. The molecule has 1 aromatic rings. The summed E-state index contributed by atoms with van der Waals surface area (Å²) in [6.45, 7) is 0. The van der Waals surface area contributed by atoms with E-state index in [0.717, 1.165) is 13.2 Å². The summed E-state index contributed by atoms with van der Waals surface area (Å²) in [5.41, 5.74) is -3.63. The van der Waals surface area contributed by atoms with E-state index in [1.54, 1.807) is 0 Å². The maximum atomic E-state index is 12.8. The number of alkyl halides is 5. The van der Waals surface area contributed by atoms with Gasteiger partial charge in [-0.25, -0.2) is 13.8 Å². The van der Waals surface area contributed by atoms with Gasteiger partial charge in [-0.2, -0.15) is 13.2 Å². The van der Waals surface area contributed by atoms with Gasteiger partial charge in [-0.3, -0.25) is 4.79 Å². The van der Waals surface area contributed by atoms with Crippen LogP contribution in [-0.2, 0) is 22.1 Å². The van der Waals surface area contributed by atoms with Gasteiger partial charge in [-0.15, -0.1) is 0 Å². The zero-order valence-corrected chi connectivity index (χ0v) is 11.0. The first-order valence-electron chi connectivity index (χ1n) is 4.78. The van der Waals surface area contributed by atoms with Crippen LogP contribution in [0.5, 0.6) is 0 Å². The number of pyridine rings is 1. The average molecular weight is 348 g/mol. The SMILES string of the molecule is COC(=O)Cc1cc(Br)nc(C(F)F)c1C(F)(F)F. The second-order valence-electron chi connectivity index (χ2n) is 3.42. The molecule has 19 heavy (non-hydrogen) atoms. The first-order valence-corrected chi connectivity index (χ1v) is 5.57. The zero-order valence-electron chi connectivity index (χ0n) is 9.39. The van der Waals surface area contributed by atoms with Crippen molar-refractivity contribution in [3.63, 3.8) is 0 Å². The molecule has 0 radical (unpaired) electrons. The Morgan fingerprint density at radius 1 is 1.47 bits per heavy atom. The Morgan fingerprint density at radius 3 is 2.47 bits per heavy atom. The molecule has 1 aromatic heterocycles. The van der Waals surface area contributed by atoms with Crippen molar-refractivity contribution < 1.29 is 31.5 Å². The lowest BCUT2D eigenvalue weighted by atomic mass is 10.0. The Labute approximate surface area is 112 Å². The van der Waals surface area contributed by atoms with Gasteiger partial charge in [-0.05, 0) is 27.6 Å². The maximum Gasteiger partial charge on any atom is 0.418 e. The summed E-state index contributed by atoms with van der Waals surface area (Å²) in [5.74, 6) is -0.969. The van der Waals surface area contributed by atoms with Crippen LogP contribution in [0.4, 0.5) is 22.0 Å². The molecule has 0 unspecified atom stereocenters. The summed E-state index contributed by atoms with van der Waals surface area (Å²) in [5, 5.41) is 0. The molecule has 0 spiro atoms. The van der Waals surface area contributed by atoms with Crippen molar-refractivity contribution in [3.8, 4) is 0 Å². The van der Waals surface area contributed by atoms with Crippen LogP contribution >= 0.6 is 15.9 Å². The minimum Gasteiger partial charge on any atom is -0.469 e. The summed E-state index contributed by atoms with van der Waals surface area (Å²) in [6, 6.07) is 0.867. The summed E-state index contributed by atoms with van der Waals surface area (Å²) in [6.07, 6.45) is -9.22. The summed E-state index contributed by atoms with van der Waals surface area (Å²) >= 11 is 2.73. The minimum atomic E-state index is -5.04. The maximum absolute atomic E-state index is 12.8. The molecule has 0 amide bonds. The number of carbonyl (C=O) groups is 1. The Balaban J connectivity index is 3.47. The molecule has 0 fully saturated rings. The lowest BCUT2D eigenvalue weighted by Crippen LogP contribution is -2.18. The monoisotopic (exact) mass is 347 g/mol. The average Bonchev–Trinajstić information content (AvgIpc) is 2.25. The van der Waals surface area contributed by atoms with Crippen molar-refractivity contribution >= 4 is 21.9 Å². The van der Waals surface area contributed by atoms with E-state index in [9.17, 15) is 26.7 Å². The van der Waals surface area contributed by atoms with Gasteiger partial charge in [-0.1, -0.05) is 0 Å². The summed E-state index contributed by atoms with van der Waals surface area (Å²) in [4.78, 5) is 14.2. The standard InChI is InChI=1S/C10H7BrF5NO2/c1-19-6(18)3-4-2-5(11)17-8(9(12)13)7(4)10(14,15)16/h2,9H,3H2,1H3. The topological polar surface area (TPSA) is 39.2 Å². The summed E-state index contributed by atoms with van der Waals surface area (Å²) < 4.78 is 67.7. The molecule has 1 rings (SSSR count). The van der Waals surface area contributed by atoms with Crippen LogP contribution in [0.25, 0.3) is 0 Å². The highest BCUT2D eigenvalue weighted by Crippen LogP contribution is 2.39. The molecule has 1 heterocycles. The van der Waals surface area contributed by atoms with Crippen LogP contribution in [0.2, 0.25) is 0 Å². The van der Waals surface area contributed by atoms with E-state index in [1.165, 1.54) is 0 Å². The lowest BCUT2D eigenvalue weighted by Gasteiger charge is -2.16. The number of hydrogen-bond acceptors (Lipinski definition) is 3. The number of nitrogens with zero attached hydrogens (tertiary/aromatic N) is 1. The second-order valence-corrected chi connectivity index (χ2v) is 4.23. The van der Waals surface area contributed by atoms with Gasteiger partial charge in [0, 0.05) is 0 Å². The Morgan fingerprint density at radius 2 is 2.05 bits per heavy atom. The highest BCUT2D eigenvalue weighted by molar-refractivity contribution is 9.10. The third-order valence-corrected chi connectivity index (χ3v) is 2.56. The minimum absolute atomic E-state index is 0.213. The molecule has 0 aliphatic rings.